The molecular formula is C20H19ClN4O3. The number of carbonyl (C=O) groups is 2. The standard InChI is InChI=1S/C20H19ClN4O3/c1-28-19(26)11-17(15-9-5-6-10-16(15)21)22-20(27)18-13-25(24-23-18)12-14-7-3-2-4-8-14/h2-10,13,17H,11-12H2,1H3,(H,22,27). The molecular weight excluding hydrogens is 380 g/mol. The summed E-state index contributed by atoms with van der Waals surface area (Å²) < 4.78 is 6.31. The van der Waals surface area contributed by atoms with Gasteiger partial charge in [0.2, 0.25) is 0 Å². The quantitative estimate of drug-likeness (QED) is 0.618. The van der Waals surface area contributed by atoms with Crippen LogP contribution in [-0.4, -0.2) is 34.0 Å². The lowest BCUT2D eigenvalue weighted by atomic mass is 10.0. The number of ether oxygens (including phenoxy) is 1. The van der Waals surface area contributed by atoms with Gasteiger partial charge in [-0.2, -0.15) is 0 Å². The van der Waals surface area contributed by atoms with E-state index in [9.17, 15) is 9.59 Å². The van der Waals surface area contributed by atoms with Crippen LogP contribution < -0.4 is 5.32 Å². The summed E-state index contributed by atoms with van der Waals surface area (Å²) in [5, 5.41) is 11.2. The van der Waals surface area contributed by atoms with Gasteiger partial charge in [0, 0.05) is 5.02 Å². The number of nitrogens with zero attached hydrogens (tertiary/aromatic N) is 3. The number of rotatable bonds is 7. The smallest absolute Gasteiger partial charge is 0.307 e. The van der Waals surface area contributed by atoms with Gasteiger partial charge in [0.1, 0.15) is 0 Å². The maximum Gasteiger partial charge on any atom is 0.307 e. The second-order valence-electron chi connectivity index (χ2n) is 6.11. The maximum absolute atomic E-state index is 12.7. The van der Waals surface area contributed by atoms with Crippen molar-refractivity contribution in [2.24, 2.45) is 0 Å². The molecule has 2 aromatic carbocycles. The third kappa shape index (κ3) is 4.95. The summed E-state index contributed by atoms with van der Waals surface area (Å²) >= 11 is 6.23. The monoisotopic (exact) mass is 398 g/mol. The number of methoxy groups -OCH3 is 1. The Kier molecular flexibility index (Phi) is 6.39. The number of carbonyl (C=O) groups excluding carboxylic acids is 2. The molecule has 0 aliphatic carbocycles. The molecule has 0 radical (unpaired) electrons. The van der Waals surface area contributed by atoms with Crippen molar-refractivity contribution in [3.8, 4) is 0 Å². The van der Waals surface area contributed by atoms with Gasteiger partial charge in [-0.15, -0.1) is 5.10 Å². The van der Waals surface area contributed by atoms with E-state index in [0.29, 0.717) is 17.1 Å². The zero-order valence-electron chi connectivity index (χ0n) is 15.2. The molecule has 1 heterocycles. The van der Waals surface area contributed by atoms with Gasteiger partial charge in [-0.25, -0.2) is 4.68 Å². The molecule has 3 aromatic rings. The van der Waals surface area contributed by atoms with Crippen molar-refractivity contribution >= 4 is 23.5 Å². The van der Waals surface area contributed by atoms with Gasteiger partial charge in [-0.3, -0.25) is 9.59 Å². The van der Waals surface area contributed by atoms with Crippen molar-refractivity contribution in [2.45, 2.75) is 19.0 Å². The second-order valence-corrected chi connectivity index (χ2v) is 6.52. The summed E-state index contributed by atoms with van der Waals surface area (Å²) in [5.74, 6) is -0.911. The number of aromatic nitrogens is 3. The average molecular weight is 399 g/mol. The van der Waals surface area contributed by atoms with E-state index >= 15 is 0 Å². The molecule has 7 nitrogen and oxygen atoms in total. The summed E-state index contributed by atoms with van der Waals surface area (Å²) in [4.78, 5) is 24.4. The Balaban J connectivity index is 1.75. The van der Waals surface area contributed by atoms with Crippen LogP contribution in [0, 0.1) is 0 Å². The molecule has 0 saturated heterocycles. The Morgan fingerprint density at radius 1 is 1.14 bits per heavy atom. The lowest BCUT2D eigenvalue weighted by Gasteiger charge is -2.18. The molecule has 0 aliphatic rings. The van der Waals surface area contributed by atoms with Crippen LogP contribution in [0.5, 0.6) is 0 Å². The minimum Gasteiger partial charge on any atom is -0.469 e. The van der Waals surface area contributed by atoms with E-state index in [4.69, 9.17) is 16.3 Å². The van der Waals surface area contributed by atoms with Crippen LogP contribution in [0.1, 0.15) is 34.1 Å². The van der Waals surface area contributed by atoms with Crippen molar-refractivity contribution in [1.82, 2.24) is 20.3 Å². The average Bonchev–Trinajstić information content (AvgIpc) is 3.17. The highest BCUT2D eigenvalue weighted by Crippen LogP contribution is 2.25. The lowest BCUT2D eigenvalue weighted by molar-refractivity contribution is -0.141. The zero-order chi connectivity index (χ0) is 19.9. The molecule has 0 saturated carbocycles. The number of esters is 1. The Labute approximate surface area is 167 Å². The number of benzene rings is 2. The topological polar surface area (TPSA) is 86.1 Å². The molecule has 0 bridgehead atoms. The maximum atomic E-state index is 12.7. The summed E-state index contributed by atoms with van der Waals surface area (Å²) in [6.45, 7) is 0.497. The molecule has 0 spiro atoms. The second kappa shape index (κ2) is 9.14. The molecule has 1 N–H and O–H groups in total. The Hall–Kier alpha value is -3.19. The number of halogens is 1. The van der Waals surface area contributed by atoms with Crippen molar-refractivity contribution in [1.29, 1.82) is 0 Å². The van der Waals surface area contributed by atoms with Gasteiger partial charge in [0.05, 0.1) is 32.3 Å². The first-order valence-corrected chi connectivity index (χ1v) is 9.01. The molecule has 0 aliphatic heterocycles. The van der Waals surface area contributed by atoms with E-state index in [0.717, 1.165) is 5.56 Å². The molecule has 144 valence electrons. The predicted molar refractivity (Wildman–Crippen MR) is 104 cm³/mol. The third-order valence-electron chi connectivity index (χ3n) is 4.14. The SMILES string of the molecule is COC(=O)CC(NC(=O)c1cn(Cc2ccccc2)nn1)c1ccccc1Cl. The number of hydrogen-bond acceptors (Lipinski definition) is 5. The van der Waals surface area contributed by atoms with E-state index in [1.165, 1.54) is 7.11 Å². The predicted octanol–water partition coefficient (Wildman–Crippen LogP) is 3.01. The highest BCUT2D eigenvalue weighted by molar-refractivity contribution is 6.31. The van der Waals surface area contributed by atoms with Crippen LogP contribution in [0.4, 0.5) is 0 Å². The van der Waals surface area contributed by atoms with Crippen molar-refractivity contribution < 1.29 is 14.3 Å². The van der Waals surface area contributed by atoms with Crippen LogP contribution in [0.25, 0.3) is 0 Å². The number of nitrogens with one attached hydrogen (secondary N) is 1. The molecule has 3 rings (SSSR count). The first-order valence-electron chi connectivity index (χ1n) is 8.63. The molecule has 8 heteroatoms. The fourth-order valence-corrected chi connectivity index (χ4v) is 3.00. The van der Waals surface area contributed by atoms with Gasteiger partial charge in [-0.1, -0.05) is 65.3 Å². The van der Waals surface area contributed by atoms with Crippen LogP contribution >= 0.6 is 11.6 Å². The van der Waals surface area contributed by atoms with E-state index in [2.05, 4.69) is 15.6 Å². The highest BCUT2D eigenvalue weighted by Gasteiger charge is 2.23. The Bertz CT molecular complexity index is 959. The van der Waals surface area contributed by atoms with E-state index in [1.54, 1.807) is 35.1 Å². The normalized spacial score (nSPS) is 11.6. The molecule has 1 unspecified atom stereocenters. The van der Waals surface area contributed by atoms with Crippen LogP contribution in [0.15, 0.2) is 60.8 Å². The summed E-state index contributed by atoms with van der Waals surface area (Å²) in [7, 11) is 1.29. The van der Waals surface area contributed by atoms with Gasteiger partial charge < -0.3 is 10.1 Å². The van der Waals surface area contributed by atoms with E-state index < -0.39 is 17.9 Å². The fourth-order valence-electron chi connectivity index (χ4n) is 2.73. The Morgan fingerprint density at radius 2 is 1.86 bits per heavy atom. The largest absolute Gasteiger partial charge is 0.469 e. The van der Waals surface area contributed by atoms with Gasteiger partial charge in [0.15, 0.2) is 5.69 Å². The van der Waals surface area contributed by atoms with E-state index in [1.807, 2.05) is 30.3 Å². The third-order valence-corrected chi connectivity index (χ3v) is 4.49. The molecule has 0 fully saturated rings. The number of amides is 1. The Morgan fingerprint density at radius 3 is 2.57 bits per heavy atom. The minimum absolute atomic E-state index is 0.0515. The molecule has 1 amide bonds. The first kappa shape index (κ1) is 19.6. The molecule has 1 atom stereocenters. The fraction of sp³-hybridized carbons (Fsp3) is 0.200. The molecule has 1 aromatic heterocycles. The minimum atomic E-state index is -0.645. The summed E-state index contributed by atoms with van der Waals surface area (Å²) in [6, 6.07) is 16.1. The lowest BCUT2D eigenvalue weighted by Crippen LogP contribution is -2.31. The van der Waals surface area contributed by atoms with Crippen molar-refractivity contribution in [2.75, 3.05) is 7.11 Å². The zero-order valence-corrected chi connectivity index (χ0v) is 16.0. The van der Waals surface area contributed by atoms with Crippen LogP contribution in [0.3, 0.4) is 0 Å². The van der Waals surface area contributed by atoms with E-state index in [-0.39, 0.29) is 12.1 Å². The van der Waals surface area contributed by atoms with Crippen LogP contribution in [-0.2, 0) is 16.1 Å². The summed E-state index contributed by atoms with van der Waals surface area (Å²) in [6.07, 6.45) is 1.51. The van der Waals surface area contributed by atoms with Crippen molar-refractivity contribution in [3.63, 3.8) is 0 Å². The van der Waals surface area contributed by atoms with Crippen LogP contribution in [0.2, 0.25) is 5.02 Å². The first-order chi connectivity index (χ1) is 13.6. The molecule has 28 heavy (non-hydrogen) atoms. The highest BCUT2D eigenvalue weighted by atomic mass is 35.5. The van der Waals surface area contributed by atoms with Crippen molar-refractivity contribution in [3.05, 3.63) is 82.6 Å². The van der Waals surface area contributed by atoms with Gasteiger partial charge in [0.25, 0.3) is 5.91 Å². The number of hydrogen-bond donors (Lipinski definition) is 1. The van der Waals surface area contributed by atoms with Gasteiger partial charge in [-0.05, 0) is 17.2 Å². The summed E-state index contributed by atoms with van der Waals surface area (Å²) in [5.41, 5.74) is 1.82. The van der Waals surface area contributed by atoms with Gasteiger partial charge >= 0.3 is 5.97 Å².